The van der Waals surface area contributed by atoms with Crippen LogP contribution in [0.5, 0.6) is 11.5 Å². The van der Waals surface area contributed by atoms with E-state index in [1.54, 1.807) is 25.1 Å². The number of hydrogen-bond donors (Lipinski definition) is 1. The van der Waals surface area contributed by atoms with E-state index >= 15 is 0 Å². The third kappa shape index (κ3) is 4.46. The predicted molar refractivity (Wildman–Crippen MR) is 115 cm³/mol. The minimum Gasteiger partial charge on any atom is -0.461 e. The average Bonchev–Trinajstić information content (AvgIpc) is 3.24. The van der Waals surface area contributed by atoms with Crippen molar-refractivity contribution in [3.05, 3.63) is 52.8 Å². The second kappa shape index (κ2) is 9.05. The van der Waals surface area contributed by atoms with Crippen LogP contribution in [0.25, 0.3) is 10.9 Å². The van der Waals surface area contributed by atoms with Gasteiger partial charge in [-0.05, 0) is 42.8 Å². The van der Waals surface area contributed by atoms with Crippen molar-refractivity contribution in [2.45, 2.75) is 13.5 Å². The van der Waals surface area contributed by atoms with Gasteiger partial charge in [-0.25, -0.2) is 14.8 Å². The number of carbonyl (C=O) groups excluding carboxylic acids is 1. The van der Waals surface area contributed by atoms with Gasteiger partial charge >= 0.3 is 5.97 Å². The Kier molecular flexibility index (Phi) is 6.03. The lowest BCUT2D eigenvalue weighted by Gasteiger charge is -2.12. The summed E-state index contributed by atoms with van der Waals surface area (Å²) in [5.74, 6) is 1.27. The number of oxime groups is 1. The first-order valence-corrected chi connectivity index (χ1v) is 9.85. The molecule has 0 bridgehead atoms. The van der Waals surface area contributed by atoms with E-state index in [9.17, 15) is 4.79 Å². The molecule has 0 radical (unpaired) electrons. The van der Waals surface area contributed by atoms with Crippen molar-refractivity contribution in [3.63, 3.8) is 0 Å². The van der Waals surface area contributed by atoms with Crippen molar-refractivity contribution in [1.29, 1.82) is 0 Å². The summed E-state index contributed by atoms with van der Waals surface area (Å²) in [6.45, 7) is 2.52. The SMILES string of the molecule is CCOC(=O)C(=NOC)c1nc(NCc2ccc3c(c2)OCO3)c2cc(Cl)ccc2n1. The Hall–Kier alpha value is -3.59. The standard InChI is InChI=1S/C21H19ClN4O5/c1-3-29-21(27)18(26-28-2)20-24-15-6-5-13(22)9-14(15)19(25-20)23-10-12-4-7-16-17(8-12)31-11-30-16/h4-9H,3,10-11H2,1-2H3,(H,23,24,25). The topological polar surface area (TPSA) is 104 Å². The van der Waals surface area contributed by atoms with Gasteiger partial charge in [-0.2, -0.15) is 0 Å². The molecule has 160 valence electrons. The average molecular weight is 443 g/mol. The van der Waals surface area contributed by atoms with Gasteiger partial charge in [-0.15, -0.1) is 0 Å². The zero-order valence-electron chi connectivity index (χ0n) is 16.8. The Morgan fingerprint density at radius 2 is 2.03 bits per heavy atom. The lowest BCUT2D eigenvalue weighted by molar-refractivity contribution is -0.135. The van der Waals surface area contributed by atoms with Crippen molar-refractivity contribution in [2.75, 3.05) is 25.8 Å². The van der Waals surface area contributed by atoms with Gasteiger partial charge in [0.05, 0.1) is 12.1 Å². The summed E-state index contributed by atoms with van der Waals surface area (Å²) in [4.78, 5) is 26.1. The number of ether oxygens (including phenoxy) is 3. The van der Waals surface area contributed by atoms with E-state index in [1.165, 1.54) is 7.11 Å². The quantitative estimate of drug-likeness (QED) is 0.336. The van der Waals surface area contributed by atoms with Crippen molar-refractivity contribution in [1.82, 2.24) is 9.97 Å². The van der Waals surface area contributed by atoms with E-state index in [0.717, 1.165) is 5.56 Å². The predicted octanol–water partition coefficient (Wildman–Crippen LogP) is 3.54. The first kappa shape index (κ1) is 20.7. The van der Waals surface area contributed by atoms with Gasteiger partial charge in [0.25, 0.3) is 0 Å². The maximum Gasteiger partial charge on any atom is 0.364 e. The van der Waals surface area contributed by atoms with Gasteiger partial charge in [-0.3, -0.25) is 0 Å². The Morgan fingerprint density at radius 3 is 2.84 bits per heavy atom. The third-order valence-electron chi connectivity index (χ3n) is 4.42. The van der Waals surface area contributed by atoms with E-state index in [4.69, 9.17) is 30.6 Å². The van der Waals surface area contributed by atoms with Crippen LogP contribution >= 0.6 is 11.6 Å². The molecule has 1 aliphatic heterocycles. The number of anilines is 1. The van der Waals surface area contributed by atoms with E-state index in [0.29, 0.717) is 39.8 Å². The number of nitrogens with one attached hydrogen (secondary N) is 1. The molecule has 2 aromatic carbocycles. The molecule has 9 nitrogen and oxygen atoms in total. The second-order valence-corrected chi connectivity index (χ2v) is 6.88. The first-order valence-electron chi connectivity index (χ1n) is 9.47. The molecule has 0 amide bonds. The maximum absolute atomic E-state index is 12.3. The van der Waals surface area contributed by atoms with Crippen molar-refractivity contribution in [2.24, 2.45) is 5.16 Å². The Morgan fingerprint density at radius 1 is 1.19 bits per heavy atom. The number of aromatic nitrogens is 2. The molecule has 1 N–H and O–H groups in total. The number of nitrogens with zero attached hydrogens (tertiary/aromatic N) is 3. The highest BCUT2D eigenvalue weighted by atomic mass is 35.5. The molecule has 4 rings (SSSR count). The molecule has 0 spiro atoms. The number of fused-ring (bicyclic) bond motifs is 2. The van der Waals surface area contributed by atoms with Crippen LogP contribution in [0.15, 0.2) is 41.6 Å². The number of halogens is 1. The van der Waals surface area contributed by atoms with E-state index in [1.807, 2.05) is 18.2 Å². The lowest BCUT2D eigenvalue weighted by Crippen LogP contribution is -2.22. The van der Waals surface area contributed by atoms with Gasteiger partial charge in [0.1, 0.15) is 12.9 Å². The number of rotatable bonds is 7. The molecule has 0 saturated heterocycles. The second-order valence-electron chi connectivity index (χ2n) is 6.44. The first-order chi connectivity index (χ1) is 15.1. The van der Waals surface area contributed by atoms with Crippen LogP contribution in [0, 0.1) is 0 Å². The van der Waals surface area contributed by atoms with Gasteiger partial charge in [0.15, 0.2) is 17.3 Å². The molecule has 10 heteroatoms. The fourth-order valence-electron chi connectivity index (χ4n) is 3.04. The summed E-state index contributed by atoms with van der Waals surface area (Å²) < 4.78 is 15.8. The monoisotopic (exact) mass is 442 g/mol. The van der Waals surface area contributed by atoms with Crippen LogP contribution < -0.4 is 14.8 Å². The molecule has 0 fully saturated rings. The largest absolute Gasteiger partial charge is 0.461 e. The van der Waals surface area contributed by atoms with Crippen LogP contribution in [0.3, 0.4) is 0 Å². The minimum absolute atomic E-state index is 0.0725. The fraction of sp³-hybridized carbons (Fsp3) is 0.238. The van der Waals surface area contributed by atoms with Crippen LogP contribution in [0.1, 0.15) is 18.3 Å². The molecule has 3 aromatic rings. The van der Waals surface area contributed by atoms with Gasteiger partial charge < -0.3 is 24.4 Å². The highest BCUT2D eigenvalue weighted by molar-refractivity contribution is 6.42. The number of carbonyl (C=O) groups is 1. The molecule has 0 atom stereocenters. The molecule has 1 aliphatic rings. The summed E-state index contributed by atoms with van der Waals surface area (Å²) in [5, 5.41) is 8.27. The van der Waals surface area contributed by atoms with Crippen molar-refractivity contribution < 1.29 is 23.8 Å². The molecule has 1 aromatic heterocycles. The number of esters is 1. The van der Waals surface area contributed by atoms with Gasteiger partial charge in [0.2, 0.25) is 12.5 Å². The summed E-state index contributed by atoms with van der Waals surface area (Å²) in [6, 6.07) is 10.9. The number of benzene rings is 2. The molecule has 31 heavy (non-hydrogen) atoms. The molecular formula is C21H19ClN4O5. The van der Waals surface area contributed by atoms with Crippen LogP contribution in [0.2, 0.25) is 5.02 Å². The number of hydrogen-bond acceptors (Lipinski definition) is 9. The molecule has 0 aliphatic carbocycles. The maximum atomic E-state index is 12.3. The normalized spacial score (nSPS) is 12.7. The van der Waals surface area contributed by atoms with Gasteiger partial charge in [-0.1, -0.05) is 22.8 Å². The molecule has 0 saturated carbocycles. The molecule has 0 unspecified atom stereocenters. The molecule has 2 heterocycles. The summed E-state index contributed by atoms with van der Waals surface area (Å²) in [5.41, 5.74) is 1.40. The minimum atomic E-state index is -0.681. The van der Waals surface area contributed by atoms with Crippen molar-refractivity contribution in [3.8, 4) is 11.5 Å². The van der Waals surface area contributed by atoms with Crippen LogP contribution in [0.4, 0.5) is 5.82 Å². The zero-order valence-corrected chi connectivity index (χ0v) is 17.6. The highest BCUT2D eigenvalue weighted by Crippen LogP contribution is 2.33. The smallest absolute Gasteiger partial charge is 0.364 e. The van der Waals surface area contributed by atoms with Crippen LogP contribution in [-0.2, 0) is 20.9 Å². The third-order valence-corrected chi connectivity index (χ3v) is 4.65. The highest BCUT2D eigenvalue weighted by Gasteiger charge is 2.22. The molecular weight excluding hydrogens is 424 g/mol. The summed E-state index contributed by atoms with van der Waals surface area (Å²) >= 11 is 6.18. The Bertz CT molecular complexity index is 1170. The Balaban J connectivity index is 1.71. The van der Waals surface area contributed by atoms with E-state index < -0.39 is 5.97 Å². The van der Waals surface area contributed by atoms with Crippen molar-refractivity contribution >= 4 is 40.0 Å². The zero-order chi connectivity index (χ0) is 21.8. The van der Waals surface area contributed by atoms with Gasteiger partial charge in [0, 0.05) is 17.0 Å². The Labute approximate surface area is 182 Å². The summed E-state index contributed by atoms with van der Waals surface area (Å²) in [7, 11) is 1.33. The van der Waals surface area contributed by atoms with E-state index in [-0.39, 0.29) is 24.9 Å². The summed E-state index contributed by atoms with van der Waals surface area (Å²) in [6.07, 6.45) is 0. The van der Waals surface area contributed by atoms with Crippen LogP contribution in [-0.4, -0.2) is 42.2 Å². The van der Waals surface area contributed by atoms with E-state index in [2.05, 4.69) is 20.4 Å². The fourth-order valence-corrected chi connectivity index (χ4v) is 3.21. The lowest BCUT2D eigenvalue weighted by atomic mass is 10.2.